The number of phosphoric ester groups is 1. The fourth-order valence-electron chi connectivity index (χ4n) is 2.06. The van der Waals surface area contributed by atoms with E-state index in [0.29, 0.717) is 5.92 Å². The minimum absolute atomic E-state index is 0. The summed E-state index contributed by atoms with van der Waals surface area (Å²) in [6.07, 6.45) is 10.3. The molecule has 0 bridgehead atoms. The standard InChI is InChI=1S/C13H29O4P.K.H/c1-3-5-7-9-11-13(10-8-6-4-2)12-17-18(14,15)16;;/h13H,3-12H2,1-2H3,(H2,14,15,16);;. The van der Waals surface area contributed by atoms with E-state index < -0.39 is 7.82 Å². The second-order valence-corrected chi connectivity index (χ2v) is 6.24. The van der Waals surface area contributed by atoms with Crippen molar-refractivity contribution in [2.24, 2.45) is 5.92 Å². The molecule has 0 spiro atoms. The number of rotatable bonds is 12. The van der Waals surface area contributed by atoms with Crippen LogP contribution in [0.5, 0.6) is 0 Å². The van der Waals surface area contributed by atoms with Crippen molar-refractivity contribution >= 4 is 59.2 Å². The summed E-state index contributed by atoms with van der Waals surface area (Å²) in [5, 5.41) is 0. The summed E-state index contributed by atoms with van der Waals surface area (Å²) in [5.74, 6) is 0.293. The van der Waals surface area contributed by atoms with Gasteiger partial charge < -0.3 is 9.79 Å². The molecule has 6 heteroatoms. The third-order valence-electron chi connectivity index (χ3n) is 3.16. The molecule has 0 aliphatic heterocycles. The molecule has 19 heavy (non-hydrogen) atoms. The molecule has 0 aliphatic rings. The Balaban J connectivity index is 0. The van der Waals surface area contributed by atoms with Crippen LogP contribution >= 0.6 is 7.82 Å². The molecular formula is C13H30KO4P. The molecule has 0 heterocycles. The topological polar surface area (TPSA) is 66.8 Å². The van der Waals surface area contributed by atoms with Gasteiger partial charge in [-0.3, -0.25) is 4.52 Å². The van der Waals surface area contributed by atoms with Crippen molar-refractivity contribution in [3.8, 4) is 0 Å². The Morgan fingerprint density at radius 2 is 1.42 bits per heavy atom. The van der Waals surface area contributed by atoms with Gasteiger partial charge in [-0.1, -0.05) is 58.8 Å². The van der Waals surface area contributed by atoms with Crippen LogP contribution in [0.25, 0.3) is 0 Å². The molecule has 0 saturated heterocycles. The normalized spacial score (nSPS) is 13.1. The molecule has 4 nitrogen and oxygen atoms in total. The summed E-state index contributed by atoms with van der Waals surface area (Å²) >= 11 is 0. The van der Waals surface area contributed by atoms with Gasteiger partial charge in [0.25, 0.3) is 0 Å². The Labute approximate surface area is 160 Å². The summed E-state index contributed by atoms with van der Waals surface area (Å²) in [6, 6.07) is 0. The van der Waals surface area contributed by atoms with E-state index in [1.54, 1.807) is 0 Å². The van der Waals surface area contributed by atoms with E-state index in [0.717, 1.165) is 25.7 Å². The van der Waals surface area contributed by atoms with E-state index >= 15 is 0 Å². The molecule has 112 valence electrons. The Bertz CT molecular complexity index is 233. The van der Waals surface area contributed by atoms with E-state index in [1.165, 1.54) is 32.1 Å². The Kier molecular flexibility index (Phi) is 17.8. The first-order valence-electron chi connectivity index (χ1n) is 7.19. The fraction of sp³-hybridized carbons (Fsp3) is 1.00. The van der Waals surface area contributed by atoms with Gasteiger partial charge >= 0.3 is 59.2 Å². The molecule has 0 amide bonds. The maximum absolute atomic E-state index is 10.7. The Morgan fingerprint density at radius 1 is 0.947 bits per heavy atom. The molecule has 1 atom stereocenters. The van der Waals surface area contributed by atoms with Crippen LogP contribution in [0.2, 0.25) is 0 Å². The zero-order valence-electron chi connectivity index (χ0n) is 11.8. The van der Waals surface area contributed by atoms with Gasteiger partial charge in [-0.25, -0.2) is 4.57 Å². The van der Waals surface area contributed by atoms with E-state index in [2.05, 4.69) is 18.4 Å². The molecule has 0 fully saturated rings. The monoisotopic (exact) mass is 320 g/mol. The van der Waals surface area contributed by atoms with E-state index in [9.17, 15) is 4.57 Å². The summed E-state index contributed by atoms with van der Waals surface area (Å²) in [4.78, 5) is 17.5. The number of phosphoric acid groups is 1. The van der Waals surface area contributed by atoms with Crippen LogP contribution in [-0.4, -0.2) is 67.8 Å². The van der Waals surface area contributed by atoms with Crippen LogP contribution < -0.4 is 0 Å². The van der Waals surface area contributed by atoms with Crippen molar-refractivity contribution < 1.29 is 18.9 Å². The number of hydrogen-bond acceptors (Lipinski definition) is 2. The molecule has 2 N–H and O–H groups in total. The van der Waals surface area contributed by atoms with Gasteiger partial charge in [0.1, 0.15) is 0 Å². The molecular weight excluding hydrogens is 290 g/mol. The van der Waals surface area contributed by atoms with Gasteiger partial charge in [0.2, 0.25) is 0 Å². The molecule has 1 unspecified atom stereocenters. The van der Waals surface area contributed by atoms with Crippen molar-refractivity contribution in [1.29, 1.82) is 0 Å². The first-order valence-corrected chi connectivity index (χ1v) is 8.72. The molecule has 0 aromatic carbocycles. The van der Waals surface area contributed by atoms with Crippen LogP contribution in [0, 0.1) is 5.92 Å². The SMILES string of the molecule is CCCCCCC(CCCCC)COP(=O)(O)O.[KH]. The van der Waals surface area contributed by atoms with Crippen LogP contribution in [0.3, 0.4) is 0 Å². The van der Waals surface area contributed by atoms with Crippen molar-refractivity contribution in [2.75, 3.05) is 6.61 Å². The summed E-state index contributed by atoms with van der Waals surface area (Å²) in [6.45, 7) is 4.53. The van der Waals surface area contributed by atoms with Crippen LogP contribution in [0.4, 0.5) is 0 Å². The molecule has 0 aromatic rings. The van der Waals surface area contributed by atoms with Gasteiger partial charge in [0, 0.05) is 0 Å². The average Bonchev–Trinajstić information content (AvgIpc) is 2.29. The first kappa shape index (κ1) is 23.0. The van der Waals surface area contributed by atoms with E-state index in [-0.39, 0.29) is 58.0 Å². The third kappa shape index (κ3) is 17.7. The van der Waals surface area contributed by atoms with E-state index in [4.69, 9.17) is 9.79 Å². The average molecular weight is 320 g/mol. The quantitative estimate of drug-likeness (QED) is 0.327. The van der Waals surface area contributed by atoms with Gasteiger partial charge in [-0.15, -0.1) is 0 Å². The number of hydrogen-bond donors (Lipinski definition) is 2. The maximum atomic E-state index is 10.7. The second kappa shape index (κ2) is 14.7. The Hall–Kier alpha value is 1.75. The zero-order valence-corrected chi connectivity index (χ0v) is 12.7. The van der Waals surface area contributed by atoms with E-state index in [1.807, 2.05) is 0 Å². The third-order valence-corrected chi connectivity index (χ3v) is 3.65. The van der Waals surface area contributed by atoms with Crippen molar-refractivity contribution in [3.63, 3.8) is 0 Å². The van der Waals surface area contributed by atoms with Crippen molar-refractivity contribution in [2.45, 2.75) is 71.6 Å². The van der Waals surface area contributed by atoms with Crippen LogP contribution in [-0.2, 0) is 9.09 Å². The van der Waals surface area contributed by atoms with Crippen LogP contribution in [0.15, 0.2) is 0 Å². The molecule has 0 radical (unpaired) electrons. The van der Waals surface area contributed by atoms with Gasteiger partial charge in [-0.2, -0.15) is 0 Å². The predicted octanol–water partition coefficient (Wildman–Crippen LogP) is 3.61. The van der Waals surface area contributed by atoms with Crippen molar-refractivity contribution in [3.05, 3.63) is 0 Å². The zero-order chi connectivity index (χ0) is 13.9. The van der Waals surface area contributed by atoms with Gasteiger partial charge in [0.05, 0.1) is 6.61 Å². The predicted molar refractivity (Wildman–Crippen MR) is 81.5 cm³/mol. The van der Waals surface area contributed by atoms with Crippen molar-refractivity contribution in [1.82, 2.24) is 0 Å². The second-order valence-electron chi connectivity index (χ2n) is 5.00. The van der Waals surface area contributed by atoms with Crippen LogP contribution in [0.1, 0.15) is 71.6 Å². The van der Waals surface area contributed by atoms with Gasteiger partial charge in [-0.05, 0) is 18.8 Å². The molecule has 0 saturated carbocycles. The molecule has 0 aliphatic carbocycles. The summed E-state index contributed by atoms with van der Waals surface area (Å²) in [5.41, 5.74) is 0. The van der Waals surface area contributed by atoms with Gasteiger partial charge in [0.15, 0.2) is 0 Å². The first-order chi connectivity index (χ1) is 8.49. The summed E-state index contributed by atoms with van der Waals surface area (Å²) < 4.78 is 15.4. The molecule has 0 aromatic heterocycles. The molecule has 0 rings (SSSR count). The Morgan fingerprint density at radius 3 is 1.89 bits per heavy atom. The number of unbranched alkanes of at least 4 members (excludes halogenated alkanes) is 5. The minimum atomic E-state index is -4.30. The summed E-state index contributed by atoms with van der Waals surface area (Å²) in [7, 11) is -4.30. The fourth-order valence-corrected chi connectivity index (χ4v) is 2.46.